The second-order valence-corrected chi connectivity index (χ2v) is 6.81. The van der Waals surface area contributed by atoms with Gasteiger partial charge in [-0.15, -0.1) is 0 Å². The summed E-state index contributed by atoms with van der Waals surface area (Å²) < 4.78 is 1.03. The zero-order chi connectivity index (χ0) is 11.8. The summed E-state index contributed by atoms with van der Waals surface area (Å²) in [5.41, 5.74) is 8.07. The quantitative estimate of drug-likeness (QED) is 0.904. The average Bonchev–Trinajstić information content (AvgIpc) is 2.40. The van der Waals surface area contributed by atoms with E-state index >= 15 is 0 Å². The molecule has 1 aliphatic rings. The summed E-state index contributed by atoms with van der Waals surface area (Å²) in [6, 6.07) is 2.12. The first-order valence-electron chi connectivity index (χ1n) is 5.77. The summed E-state index contributed by atoms with van der Waals surface area (Å²) in [5.74, 6) is 0. The maximum atomic E-state index is 6.47. The summed E-state index contributed by atoms with van der Waals surface area (Å²) in [7, 11) is 0. The SMILES string of the molecule is CC1(C)CCC(N)(Cc2cncc(Br)c2)C1. The third kappa shape index (κ3) is 2.83. The van der Waals surface area contributed by atoms with Crippen LogP contribution in [0.15, 0.2) is 22.9 Å². The van der Waals surface area contributed by atoms with Crippen LogP contribution >= 0.6 is 15.9 Å². The molecule has 0 aromatic carbocycles. The zero-order valence-electron chi connectivity index (χ0n) is 9.96. The lowest BCUT2D eigenvalue weighted by molar-refractivity contribution is 0.334. The highest BCUT2D eigenvalue weighted by atomic mass is 79.9. The molecule has 0 saturated heterocycles. The van der Waals surface area contributed by atoms with E-state index in [0.717, 1.165) is 23.7 Å². The van der Waals surface area contributed by atoms with Gasteiger partial charge in [0, 0.05) is 22.4 Å². The van der Waals surface area contributed by atoms with Crippen LogP contribution in [-0.2, 0) is 6.42 Å². The lowest BCUT2D eigenvalue weighted by atomic mass is 9.85. The molecule has 88 valence electrons. The highest BCUT2D eigenvalue weighted by Gasteiger charge is 2.40. The van der Waals surface area contributed by atoms with Crippen LogP contribution in [0.3, 0.4) is 0 Å². The summed E-state index contributed by atoms with van der Waals surface area (Å²) >= 11 is 3.45. The minimum absolute atomic E-state index is 0.0357. The summed E-state index contributed by atoms with van der Waals surface area (Å²) in [6.45, 7) is 4.61. The van der Waals surface area contributed by atoms with Crippen LogP contribution in [0.5, 0.6) is 0 Å². The molecule has 2 nitrogen and oxygen atoms in total. The molecule has 0 bridgehead atoms. The van der Waals surface area contributed by atoms with E-state index in [1.165, 1.54) is 12.0 Å². The Hall–Kier alpha value is -0.410. The fourth-order valence-electron chi connectivity index (χ4n) is 2.83. The Balaban J connectivity index is 2.10. The van der Waals surface area contributed by atoms with Crippen molar-refractivity contribution in [3.05, 3.63) is 28.5 Å². The smallest absolute Gasteiger partial charge is 0.0410 e. The number of nitrogens with two attached hydrogens (primary N) is 1. The molecule has 1 aliphatic carbocycles. The van der Waals surface area contributed by atoms with Gasteiger partial charge < -0.3 is 5.73 Å². The van der Waals surface area contributed by atoms with Gasteiger partial charge in [0.25, 0.3) is 0 Å². The molecule has 1 saturated carbocycles. The van der Waals surface area contributed by atoms with Crippen molar-refractivity contribution < 1.29 is 0 Å². The number of hydrogen-bond donors (Lipinski definition) is 1. The lowest BCUT2D eigenvalue weighted by Crippen LogP contribution is -2.40. The Kier molecular flexibility index (Phi) is 3.10. The van der Waals surface area contributed by atoms with Crippen LogP contribution in [0.1, 0.15) is 38.7 Å². The van der Waals surface area contributed by atoms with Gasteiger partial charge in [-0.2, -0.15) is 0 Å². The number of halogens is 1. The molecule has 2 N–H and O–H groups in total. The van der Waals surface area contributed by atoms with E-state index in [4.69, 9.17) is 5.73 Å². The molecule has 1 fully saturated rings. The molecule has 16 heavy (non-hydrogen) atoms. The topological polar surface area (TPSA) is 38.9 Å². The molecule has 1 heterocycles. The highest BCUT2D eigenvalue weighted by Crippen LogP contribution is 2.43. The Morgan fingerprint density at radius 2 is 2.12 bits per heavy atom. The lowest BCUT2D eigenvalue weighted by Gasteiger charge is -2.26. The Morgan fingerprint density at radius 1 is 1.38 bits per heavy atom. The molecule has 0 spiro atoms. The van der Waals surface area contributed by atoms with Gasteiger partial charge in [-0.25, -0.2) is 0 Å². The van der Waals surface area contributed by atoms with Gasteiger partial charge in [0.15, 0.2) is 0 Å². The van der Waals surface area contributed by atoms with Crippen LogP contribution in [0, 0.1) is 5.41 Å². The van der Waals surface area contributed by atoms with Gasteiger partial charge in [0.2, 0.25) is 0 Å². The largest absolute Gasteiger partial charge is 0.325 e. The van der Waals surface area contributed by atoms with Gasteiger partial charge in [0.1, 0.15) is 0 Å². The zero-order valence-corrected chi connectivity index (χ0v) is 11.5. The van der Waals surface area contributed by atoms with E-state index < -0.39 is 0 Å². The van der Waals surface area contributed by atoms with E-state index in [9.17, 15) is 0 Å². The van der Waals surface area contributed by atoms with Gasteiger partial charge in [-0.1, -0.05) is 13.8 Å². The maximum absolute atomic E-state index is 6.47. The van der Waals surface area contributed by atoms with Crippen LogP contribution in [-0.4, -0.2) is 10.5 Å². The van der Waals surface area contributed by atoms with Crippen LogP contribution in [0.25, 0.3) is 0 Å². The molecule has 3 heteroatoms. The first-order chi connectivity index (χ1) is 7.39. The van der Waals surface area contributed by atoms with Gasteiger partial charge in [0.05, 0.1) is 0 Å². The molecule has 1 unspecified atom stereocenters. The number of aromatic nitrogens is 1. The number of pyridine rings is 1. The van der Waals surface area contributed by atoms with Crippen molar-refractivity contribution in [3.8, 4) is 0 Å². The minimum Gasteiger partial charge on any atom is -0.325 e. The number of nitrogens with zero attached hydrogens (tertiary/aromatic N) is 1. The monoisotopic (exact) mass is 282 g/mol. The van der Waals surface area contributed by atoms with Crippen molar-refractivity contribution in [1.82, 2.24) is 4.98 Å². The van der Waals surface area contributed by atoms with Crippen molar-refractivity contribution in [1.29, 1.82) is 0 Å². The van der Waals surface area contributed by atoms with E-state index in [2.05, 4.69) is 40.8 Å². The van der Waals surface area contributed by atoms with Crippen molar-refractivity contribution in [2.24, 2.45) is 11.1 Å². The molecular weight excluding hydrogens is 264 g/mol. The van der Waals surface area contributed by atoms with E-state index in [-0.39, 0.29) is 5.54 Å². The van der Waals surface area contributed by atoms with Crippen molar-refractivity contribution in [2.45, 2.75) is 45.1 Å². The molecule has 1 aromatic rings. The first-order valence-corrected chi connectivity index (χ1v) is 6.56. The third-order valence-electron chi connectivity index (χ3n) is 3.45. The van der Waals surface area contributed by atoms with Crippen molar-refractivity contribution >= 4 is 15.9 Å². The summed E-state index contributed by atoms with van der Waals surface area (Å²) in [4.78, 5) is 4.19. The van der Waals surface area contributed by atoms with E-state index in [1.54, 1.807) is 0 Å². The molecule has 1 aromatic heterocycles. The molecule has 1 atom stereocenters. The fourth-order valence-corrected chi connectivity index (χ4v) is 3.24. The summed E-state index contributed by atoms with van der Waals surface area (Å²) in [5, 5.41) is 0. The van der Waals surface area contributed by atoms with Crippen LogP contribution in [0.4, 0.5) is 0 Å². The van der Waals surface area contributed by atoms with E-state index in [0.29, 0.717) is 5.41 Å². The van der Waals surface area contributed by atoms with E-state index in [1.807, 2.05) is 12.4 Å². The second-order valence-electron chi connectivity index (χ2n) is 5.89. The standard InChI is InChI=1S/C13H19BrN2/c1-12(2)3-4-13(15,9-12)6-10-5-11(14)8-16-7-10/h5,7-8H,3-4,6,9,15H2,1-2H3. The van der Waals surface area contributed by atoms with Gasteiger partial charge in [-0.3, -0.25) is 4.98 Å². The molecular formula is C13H19BrN2. The fraction of sp³-hybridized carbons (Fsp3) is 0.615. The Morgan fingerprint density at radius 3 is 2.69 bits per heavy atom. The molecule has 0 radical (unpaired) electrons. The summed E-state index contributed by atoms with van der Waals surface area (Å²) in [6.07, 6.45) is 8.11. The van der Waals surface area contributed by atoms with Crippen LogP contribution < -0.4 is 5.73 Å². The molecule has 0 amide bonds. The predicted octanol–water partition coefficient (Wildman–Crippen LogP) is 3.29. The van der Waals surface area contributed by atoms with Crippen molar-refractivity contribution in [3.63, 3.8) is 0 Å². The Bertz CT molecular complexity index is 389. The average molecular weight is 283 g/mol. The number of rotatable bonds is 2. The van der Waals surface area contributed by atoms with Gasteiger partial charge in [-0.05, 0) is 58.7 Å². The van der Waals surface area contributed by atoms with Crippen molar-refractivity contribution in [2.75, 3.05) is 0 Å². The normalized spacial score (nSPS) is 28.2. The van der Waals surface area contributed by atoms with Crippen LogP contribution in [0.2, 0.25) is 0 Å². The minimum atomic E-state index is -0.0357. The first kappa shape index (κ1) is 12.1. The molecule has 2 rings (SSSR count). The number of hydrogen-bond acceptors (Lipinski definition) is 2. The highest BCUT2D eigenvalue weighted by molar-refractivity contribution is 9.10. The maximum Gasteiger partial charge on any atom is 0.0410 e. The predicted molar refractivity (Wildman–Crippen MR) is 70.2 cm³/mol. The van der Waals surface area contributed by atoms with Gasteiger partial charge >= 0.3 is 0 Å². The molecule has 0 aliphatic heterocycles. The Labute approximate surface area is 106 Å². The third-order valence-corrected chi connectivity index (χ3v) is 3.88. The second kappa shape index (κ2) is 4.11.